The van der Waals surface area contributed by atoms with E-state index in [9.17, 15) is 8.78 Å². The molecule has 1 aliphatic carbocycles. The Labute approximate surface area is 99.6 Å². The zero-order valence-electron chi connectivity index (χ0n) is 9.27. The van der Waals surface area contributed by atoms with Gasteiger partial charge in [-0.3, -0.25) is 0 Å². The van der Waals surface area contributed by atoms with E-state index in [1.54, 1.807) is 0 Å². The first-order valence-corrected chi connectivity index (χ1v) is 6.08. The first kappa shape index (κ1) is 11.8. The number of alkyl halides is 1. The second kappa shape index (κ2) is 4.33. The quantitative estimate of drug-likeness (QED) is 0.698. The van der Waals surface area contributed by atoms with Crippen molar-refractivity contribution < 1.29 is 8.78 Å². The first-order chi connectivity index (χ1) is 7.55. The van der Waals surface area contributed by atoms with Gasteiger partial charge in [0.25, 0.3) is 0 Å². The van der Waals surface area contributed by atoms with Crippen molar-refractivity contribution in [1.29, 1.82) is 0 Å². The summed E-state index contributed by atoms with van der Waals surface area (Å²) in [5, 5.41) is 0. The van der Waals surface area contributed by atoms with E-state index in [0.29, 0.717) is 23.8 Å². The van der Waals surface area contributed by atoms with Crippen LogP contribution in [-0.4, -0.2) is 5.88 Å². The molecular formula is C13H15ClF2. The minimum absolute atomic E-state index is 0.0553. The Hall–Kier alpha value is -0.630. The molecular weight excluding hydrogens is 230 g/mol. The molecule has 1 atom stereocenters. The Morgan fingerprint density at radius 1 is 1.38 bits per heavy atom. The highest BCUT2D eigenvalue weighted by molar-refractivity contribution is 6.18. The minimum atomic E-state index is -0.528. The van der Waals surface area contributed by atoms with Crippen LogP contribution < -0.4 is 0 Å². The highest BCUT2D eigenvalue weighted by Gasteiger charge is 2.41. The molecule has 1 aliphatic rings. The van der Waals surface area contributed by atoms with Gasteiger partial charge < -0.3 is 0 Å². The van der Waals surface area contributed by atoms with Gasteiger partial charge in [-0.25, -0.2) is 8.78 Å². The molecule has 16 heavy (non-hydrogen) atoms. The van der Waals surface area contributed by atoms with E-state index in [1.807, 2.05) is 0 Å². The zero-order chi connectivity index (χ0) is 11.8. The van der Waals surface area contributed by atoms with Gasteiger partial charge in [0.2, 0.25) is 0 Å². The van der Waals surface area contributed by atoms with Crippen LogP contribution in [0.2, 0.25) is 0 Å². The second-order valence-electron chi connectivity index (χ2n) is 4.97. The van der Waals surface area contributed by atoms with Crippen LogP contribution >= 0.6 is 11.6 Å². The third-order valence-corrected chi connectivity index (χ3v) is 4.09. The Bertz CT molecular complexity index is 388. The fourth-order valence-electron chi connectivity index (χ4n) is 2.18. The molecule has 1 unspecified atom stereocenters. The molecule has 1 saturated carbocycles. The molecule has 88 valence electrons. The van der Waals surface area contributed by atoms with Gasteiger partial charge in [0, 0.05) is 11.9 Å². The van der Waals surface area contributed by atoms with Gasteiger partial charge in [-0.05, 0) is 42.2 Å². The van der Waals surface area contributed by atoms with Gasteiger partial charge in [0.1, 0.15) is 11.6 Å². The van der Waals surface area contributed by atoms with Crippen molar-refractivity contribution in [2.75, 3.05) is 5.88 Å². The Morgan fingerprint density at radius 2 is 2.06 bits per heavy atom. The van der Waals surface area contributed by atoms with Crippen LogP contribution in [-0.2, 0) is 6.42 Å². The topological polar surface area (TPSA) is 0 Å². The number of benzene rings is 1. The molecule has 0 heterocycles. The van der Waals surface area contributed by atoms with Crippen LogP contribution in [0, 0.1) is 23.0 Å². The van der Waals surface area contributed by atoms with Crippen molar-refractivity contribution in [2.24, 2.45) is 11.3 Å². The van der Waals surface area contributed by atoms with Crippen molar-refractivity contribution in [2.45, 2.75) is 26.2 Å². The number of hydrogen-bond acceptors (Lipinski definition) is 0. The fraction of sp³-hybridized carbons (Fsp3) is 0.538. The molecule has 0 N–H and O–H groups in total. The molecule has 0 radical (unpaired) electrons. The van der Waals surface area contributed by atoms with Crippen LogP contribution in [0.1, 0.15) is 25.3 Å². The molecule has 0 aromatic heterocycles. The molecule has 0 amide bonds. The average Bonchev–Trinajstić information content (AvgIpc) is 3.06. The van der Waals surface area contributed by atoms with Gasteiger partial charge in [-0.2, -0.15) is 0 Å². The van der Waals surface area contributed by atoms with Gasteiger partial charge in [-0.15, -0.1) is 11.6 Å². The summed E-state index contributed by atoms with van der Waals surface area (Å²) < 4.78 is 26.3. The molecule has 0 nitrogen and oxygen atoms in total. The lowest BCUT2D eigenvalue weighted by molar-refractivity contribution is 0.309. The summed E-state index contributed by atoms with van der Waals surface area (Å²) in [6, 6.07) is 3.77. The van der Waals surface area contributed by atoms with Gasteiger partial charge in [-0.1, -0.05) is 13.0 Å². The lowest BCUT2D eigenvalue weighted by atomic mass is 9.80. The van der Waals surface area contributed by atoms with Gasteiger partial charge in [0.05, 0.1) is 0 Å². The summed E-state index contributed by atoms with van der Waals surface area (Å²) in [4.78, 5) is 0. The molecule has 0 saturated heterocycles. The van der Waals surface area contributed by atoms with Crippen molar-refractivity contribution in [1.82, 2.24) is 0 Å². The van der Waals surface area contributed by atoms with E-state index in [1.165, 1.54) is 25.0 Å². The van der Waals surface area contributed by atoms with E-state index in [-0.39, 0.29) is 5.41 Å². The lowest BCUT2D eigenvalue weighted by Crippen LogP contribution is -2.25. The monoisotopic (exact) mass is 244 g/mol. The summed E-state index contributed by atoms with van der Waals surface area (Å²) in [5.41, 5.74) is 0.511. The van der Waals surface area contributed by atoms with Crippen molar-refractivity contribution in [3.8, 4) is 0 Å². The average molecular weight is 245 g/mol. The van der Waals surface area contributed by atoms with E-state index in [2.05, 4.69) is 6.92 Å². The molecule has 1 fully saturated rings. The Balaban J connectivity index is 2.18. The van der Waals surface area contributed by atoms with Crippen LogP contribution in [0.4, 0.5) is 8.78 Å². The highest BCUT2D eigenvalue weighted by atomic mass is 35.5. The SMILES string of the molecule is CC(CCl)(Cc1ccc(F)cc1F)C1CC1. The lowest BCUT2D eigenvalue weighted by Gasteiger charge is -2.27. The predicted molar refractivity (Wildman–Crippen MR) is 61.6 cm³/mol. The number of halogens is 3. The van der Waals surface area contributed by atoms with E-state index in [0.717, 1.165) is 6.07 Å². The maximum atomic E-state index is 13.5. The summed E-state index contributed by atoms with van der Waals surface area (Å²) >= 11 is 5.98. The molecule has 3 heteroatoms. The number of hydrogen-bond donors (Lipinski definition) is 0. The van der Waals surface area contributed by atoms with Gasteiger partial charge >= 0.3 is 0 Å². The van der Waals surface area contributed by atoms with Gasteiger partial charge in [0.15, 0.2) is 0 Å². The predicted octanol–water partition coefficient (Wildman–Crippen LogP) is 4.16. The zero-order valence-corrected chi connectivity index (χ0v) is 10.0. The normalized spacial score (nSPS) is 19.5. The highest BCUT2D eigenvalue weighted by Crippen LogP contribution is 2.48. The first-order valence-electron chi connectivity index (χ1n) is 5.55. The standard InChI is InChI=1S/C13H15ClF2/c1-13(8-14,10-3-4-10)7-9-2-5-11(15)6-12(9)16/h2,5-6,10H,3-4,7-8H2,1H3. The Kier molecular flexibility index (Phi) is 3.20. The van der Waals surface area contributed by atoms with Crippen LogP contribution in [0.15, 0.2) is 18.2 Å². The van der Waals surface area contributed by atoms with E-state index in [4.69, 9.17) is 11.6 Å². The maximum Gasteiger partial charge on any atom is 0.129 e. The minimum Gasteiger partial charge on any atom is -0.207 e. The van der Waals surface area contributed by atoms with Crippen molar-refractivity contribution >= 4 is 11.6 Å². The molecule has 0 spiro atoms. The smallest absolute Gasteiger partial charge is 0.129 e. The van der Waals surface area contributed by atoms with Crippen molar-refractivity contribution in [3.63, 3.8) is 0 Å². The number of rotatable bonds is 4. The van der Waals surface area contributed by atoms with Crippen LogP contribution in [0.5, 0.6) is 0 Å². The summed E-state index contributed by atoms with van der Waals surface area (Å²) in [6.45, 7) is 2.08. The molecule has 1 aromatic carbocycles. The molecule has 2 rings (SSSR count). The molecule has 1 aromatic rings. The molecule has 0 bridgehead atoms. The summed E-state index contributed by atoms with van der Waals surface area (Å²) in [7, 11) is 0. The Morgan fingerprint density at radius 3 is 2.56 bits per heavy atom. The summed E-state index contributed by atoms with van der Waals surface area (Å²) in [6.07, 6.45) is 2.94. The van der Waals surface area contributed by atoms with Crippen LogP contribution in [0.25, 0.3) is 0 Å². The fourth-order valence-corrected chi connectivity index (χ4v) is 2.49. The summed E-state index contributed by atoms with van der Waals surface area (Å²) in [5.74, 6) is 0.126. The second-order valence-corrected chi connectivity index (χ2v) is 5.24. The third-order valence-electron chi connectivity index (χ3n) is 3.48. The largest absolute Gasteiger partial charge is 0.207 e. The van der Waals surface area contributed by atoms with Crippen LogP contribution in [0.3, 0.4) is 0 Å². The van der Waals surface area contributed by atoms with Crippen molar-refractivity contribution in [3.05, 3.63) is 35.4 Å². The third kappa shape index (κ3) is 2.37. The van der Waals surface area contributed by atoms with E-state index < -0.39 is 11.6 Å². The van der Waals surface area contributed by atoms with E-state index >= 15 is 0 Å². The maximum absolute atomic E-state index is 13.5. The molecule has 0 aliphatic heterocycles.